The summed E-state index contributed by atoms with van der Waals surface area (Å²) < 4.78 is 10.7. The highest BCUT2D eigenvalue weighted by Gasteiger charge is 2.05. The molecule has 0 fully saturated rings. The highest BCUT2D eigenvalue weighted by molar-refractivity contribution is 7.99. The summed E-state index contributed by atoms with van der Waals surface area (Å²) in [6.07, 6.45) is 0.813. The Balaban J connectivity index is 1.67. The van der Waals surface area contributed by atoms with Crippen LogP contribution in [0.1, 0.15) is 18.1 Å². The smallest absolute Gasteiger partial charge is 0.230 e. The van der Waals surface area contributed by atoms with Crippen molar-refractivity contribution in [2.45, 2.75) is 19.1 Å². The highest BCUT2D eigenvalue weighted by Crippen LogP contribution is 2.23. The Morgan fingerprint density at radius 3 is 2.60 bits per heavy atom. The van der Waals surface area contributed by atoms with Gasteiger partial charge in [0.25, 0.3) is 0 Å². The molecule has 0 aliphatic heterocycles. The van der Waals surface area contributed by atoms with E-state index in [0.717, 1.165) is 29.2 Å². The van der Waals surface area contributed by atoms with Gasteiger partial charge in [0.05, 0.1) is 19.5 Å². The van der Waals surface area contributed by atoms with Gasteiger partial charge in [0.2, 0.25) is 5.91 Å². The third-order valence-corrected chi connectivity index (χ3v) is 4.64. The second-order valence-electron chi connectivity index (χ2n) is 5.48. The molecule has 25 heavy (non-hydrogen) atoms. The van der Waals surface area contributed by atoms with Gasteiger partial charge in [0.15, 0.2) is 0 Å². The Bertz CT molecular complexity index is 658. The van der Waals surface area contributed by atoms with Gasteiger partial charge in [-0.2, -0.15) is 0 Å². The summed E-state index contributed by atoms with van der Waals surface area (Å²) in [6, 6.07) is 15.9. The van der Waals surface area contributed by atoms with E-state index in [1.165, 1.54) is 5.56 Å². The van der Waals surface area contributed by atoms with Gasteiger partial charge in [-0.25, -0.2) is 0 Å². The third kappa shape index (κ3) is 6.70. The van der Waals surface area contributed by atoms with Gasteiger partial charge in [-0.05, 0) is 37.1 Å². The Hall–Kier alpha value is -2.14. The molecule has 2 rings (SSSR count). The van der Waals surface area contributed by atoms with Crippen molar-refractivity contribution in [2.24, 2.45) is 0 Å². The first kappa shape index (κ1) is 19.2. The molecule has 2 aromatic rings. The summed E-state index contributed by atoms with van der Waals surface area (Å²) in [7, 11) is 1.65. The lowest BCUT2D eigenvalue weighted by molar-refractivity contribution is -0.118. The number of para-hydroxylation sites is 1. The molecule has 0 unspecified atom stereocenters. The van der Waals surface area contributed by atoms with Crippen LogP contribution in [0.25, 0.3) is 0 Å². The molecule has 4 nitrogen and oxygen atoms in total. The quantitative estimate of drug-likeness (QED) is 0.703. The predicted octanol–water partition coefficient (Wildman–Crippen LogP) is 3.69. The van der Waals surface area contributed by atoms with Crippen molar-refractivity contribution < 1.29 is 14.3 Å². The van der Waals surface area contributed by atoms with Crippen molar-refractivity contribution in [3.05, 3.63) is 59.7 Å². The fourth-order valence-corrected chi connectivity index (χ4v) is 3.21. The van der Waals surface area contributed by atoms with Crippen molar-refractivity contribution >= 4 is 17.7 Å². The summed E-state index contributed by atoms with van der Waals surface area (Å²) in [4.78, 5) is 12.0. The summed E-state index contributed by atoms with van der Waals surface area (Å²) in [5.74, 6) is 3.02. The fraction of sp³-hybridized carbons (Fsp3) is 0.350. The summed E-state index contributed by atoms with van der Waals surface area (Å²) in [5, 5.41) is 2.96. The number of ether oxygens (including phenoxy) is 2. The van der Waals surface area contributed by atoms with Gasteiger partial charge in [0.1, 0.15) is 11.5 Å². The average molecular weight is 359 g/mol. The van der Waals surface area contributed by atoms with E-state index in [2.05, 4.69) is 5.32 Å². The van der Waals surface area contributed by atoms with Gasteiger partial charge in [-0.15, -0.1) is 11.8 Å². The van der Waals surface area contributed by atoms with Crippen LogP contribution in [-0.4, -0.2) is 31.9 Å². The lowest BCUT2D eigenvalue weighted by atomic mass is 10.1. The lowest BCUT2D eigenvalue weighted by Gasteiger charge is -2.10. The highest BCUT2D eigenvalue weighted by atomic mass is 32.2. The molecule has 0 saturated heterocycles. The van der Waals surface area contributed by atoms with E-state index in [4.69, 9.17) is 9.47 Å². The van der Waals surface area contributed by atoms with Gasteiger partial charge in [0, 0.05) is 17.9 Å². The number of carbonyl (C=O) groups is 1. The Morgan fingerprint density at radius 2 is 1.88 bits per heavy atom. The topological polar surface area (TPSA) is 47.6 Å². The molecule has 0 bridgehead atoms. The summed E-state index contributed by atoms with van der Waals surface area (Å²) in [5.41, 5.74) is 2.31. The van der Waals surface area contributed by atoms with Crippen LogP contribution in [0.3, 0.4) is 0 Å². The number of hydrogen-bond acceptors (Lipinski definition) is 4. The number of methoxy groups -OCH3 is 1. The van der Waals surface area contributed by atoms with Crippen molar-refractivity contribution in [3.8, 4) is 11.5 Å². The molecular formula is C20H25NO3S. The molecule has 0 aliphatic carbocycles. The monoisotopic (exact) mass is 359 g/mol. The molecule has 0 spiro atoms. The molecule has 1 N–H and O–H groups in total. The Kier molecular flexibility index (Phi) is 8.19. The first-order valence-corrected chi connectivity index (χ1v) is 9.56. The maximum Gasteiger partial charge on any atom is 0.230 e. The second kappa shape index (κ2) is 10.7. The molecular weight excluding hydrogens is 334 g/mol. The maximum atomic E-state index is 12.0. The largest absolute Gasteiger partial charge is 0.497 e. The Labute approximate surface area is 153 Å². The number of nitrogens with one attached hydrogen (secondary N) is 1. The summed E-state index contributed by atoms with van der Waals surface area (Å²) in [6.45, 7) is 3.26. The fourth-order valence-electron chi connectivity index (χ4n) is 2.36. The van der Waals surface area contributed by atoms with Gasteiger partial charge in [-0.3, -0.25) is 4.79 Å². The van der Waals surface area contributed by atoms with Crippen LogP contribution in [0.15, 0.2) is 48.5 Å². The molecule has 0 atom stereocenters. The molecule has 5 heteroatoms. The average Bonchev–Trinajstić information content (AvgIpc) is 2.64. The first-order valence-electron chi connectivity index (χ1n) is 8.41. The molecule has 0 aromatic heterocycles. The molecule has 0 heterocycles. The van der Waals surface area contributed by atoms with Crippen LogP contribution in [0.4, 0.5) is 0 Å². The van der Waals surface area contributed by atoms with Crippen molar-refractivity contribution in [1.29, 1.82) is 0 Å². The van der Waals surface area contributed by atoms with Crippen LogP contribution < -0.4 is 14.8 Å². The number of rotatable bonds is 10. The van der Waals surface area contributed by atoms with E-state index in [1.54, 1.807) is 18.9 Å². The van der Waals surface area contributed by atoms with Crippen LogP contribution in [0.5, 0.6) is 11.5 Å². The zero-order valence-corrected chi connectivity index (χ0v) is 15.6. The van der Waals surface area contributed by atoms with E-state index < -0.39 is 0 Å². The van der Waals surface area contributed by atoms with Crippen LogP contribution >= 0.6 is 11.8 Å². The zero-order valence-electron chi connectivity index (χ0n) is 14.8. The first-order chi connectivity index (χ1) is 12.2. The molecule has 1 amide bonds. The third-order valence-electron chi connectivity index (χ3n) is 3.66. The second-order valence-corrected chi connectivity index (χ2v) is 6.47. The predicted molar refractivity (Wildman–Crippen MR) is 103 cm³/mol. The number of hydrogen-bond donors (Lipinski definition) is 1. The number of amides is 1. The maximum absolute atomic E-state index is 12.0. The minimum atomic E-state index is 0.0624. The zero-order chi connectivity index (χ0) is 17.9. The van der Waals surface area contributed by atoms with Crippen LogP contribution in [0.2, 0.25) is 0 Å². The minimum Gasteiger partial charge on any atom is -0.497 e. The lowest BCUT2D eigenvalue weighted by Crippen LogP contribution is -2.27. The van der Waals surface area contributed by atoms with Gasteiger partial charge in [-0.1, -0.05) is 30.3 Å². The molecule has 0 aliphatic rings. The van der Waals surface area contributed by atoms with Crippen LogP contribution in [-0.2, 0) is 17.0 Å². The summed E-state index contributed by atoms with van der Waals surface area (Å²) >= 11 is 1.60. The Morgan fingerprint density at radius 1 is 1.12 bits per heavy atom. The van der Waals surface area contributed by atoms with Crippen molar-refractivity contribution in [2.75, 3.05) is 26.0 Å². The van der Waals surface area contributed by atoms with E-state index in [-0.39, 0.29) is 5.91 Å². The number of thioether (sulfide) groups is 1. The molecule has 0 saturated carbocycles. The number of carbonyl (C=O) groups excluding carboxylic acids is 1. The van der Waals surface area contributed by atoms with Crippen LogP contribution in [0, 0.1) is 0 Å². The van der Waals surface area contributed by atoms with Gasteiger partial charge >= 0.3 is 0 Å². The number of benzene rings is 2. The minimum absolute atomic E-state index is 0.0624. The van der Waals surface area contributed by atoms with Crippen molar-refractivity contribution in [1.82, 2.24) is 5.32 Å². The van der Waals surface area contributed by atoms with E-state index >= 15 is 0 Å². The molecule has 2 aromatic carbocycles. The normalized spacial score (nSPS) is 10.3. The standard InChI is InChI=1S/C20H25NO3S/c1-3-24-19-7-5-4-6-17(19)14-25-15-20(22)21-13-12-16-8-10-18(23-2)11-9-16/h4-11H,3,12-15H2,1-2H3,(H,21,22). The molecule has 134 valence electrons. The van der Waals surface area contributed by atoms with Crippen molar-refractivity contribution in [3.63, 3.8) is 0 Å². The van der Waals surface area contributed by atoms with E-state index in [9.17, 15) is 4.79 Å². The van der Waals surface area contributed by atoms with E-state index in [0.29, 0.717) is 18.9 Å². The molecule has 0 radical (unpaired) electrons. The van der Waals surface area contributed by atoms with E-state index in [1.807, 2.05) is 55.5 Å². The van der Waals surface area contributed by atoms with Gasteiger partial charge < -0.3 is 14.8 Å². The SMILES string of the molecule is CCOc1ccccc1CSCC(=O)NCCc1ccc(OC)cc1.